The first kappa shape index (κ1) is 22.1. The number of benzene rings is 2. The molecule has 0 N–H and O–H groups in total. The number of ketones is 1. The summed E-state index contributed by atoms with van der Waals surface area (Å²) in [6.45, 7) is 1.35. The van der Waals surface area contributed by atoms with Crippen LogP contribution >= 0.6 is 0 Å². The molecule has 0 unspecified atom stereocenters. The third kappa shape index (κ3) is 4.17. The molecule has 9 nitrogen and oxygen atoms in total. The van der Waals surface area contributed by atoms with Crippen molar-refractivity contribution in [2.75, 3.05) is 6.54 Å². The van der Waals surface area contributed by atoms with Crippen LogP contribution in [0.4, 0.5) is 5.69 Å². The van der Waals surface area contributed by atoms with Gasteiger partial charge < -0.3 is 0 Å². The monoisotopic (exact) mass is 447 g/mol. The van der Waals surface area contributed by atoms with Crippen LogP contribution < -0.4 is 0 Å². The van der Waals surface area contributed by atoms with Gasteiger partial charge in [-0.2, -0.15) is 5.01 Å². The largest absolute Gasteiger partial charge is 0.292 e. The van der Waals surface area contributed by atoms with Crippen molar-refractivity contribution in [3.05, 3.63) is 87.5 Å². The summed E-state index contributed by atoms with van der Waals surface area (Å²) in [4.78, 5) is 62.9. The van der Waals surface area contributed by atoms with Crippen LogP contribution in [-0.4, -0.2) is 45.0 Å². The van der Waals surface area contributed by atoms with Gasteiger partial charge in [-0.15, -0.1) is 0 Å². The number of hydrogen-bond acceptors (Lipinski definition) is 6. The first-order valence-corrected chi connectivity index (χ1v) is 10.5. The van der Waals surface area contributed by atoms with Gasteiger partial charge in [0.2, 0.25) is 0 Å². The fourth-order valence-corrected chi connectivity index (χ4v) is 4.10. The topological polar surface area (TPSA) is 118 Å². The van der Waals surface area contributed by atoms with Crippen molar-refractivity contribution in [3.8, 4) is 0 Å². The van der Waals surface area contributed by atoms with Crippen LogP contribution in [0.2, 0.25) is 0 Å². The number of rotatable bonds is 6. The molecule has 9 heteroatoms. The first-order valence-electron chi connectivity index (χ1n) is 10.5. The lowest BCUT2D eigenvalue weighted by Crippen LogP contribution is -2.52. The Balaban J connectivity index is 1.68. The molecule has 2 atom stereocenters. The van der Waals surface area contributed by atoms with Crippen molar-refractivity contribution >= 4 is 29.2 Å². The number of aryl methyl sites for hydroxylation is 1. The van der Waals surface area contributed by atoms with Crippen molar-refractivity contribution in [1.82, 2.24) is 10.0 Å². The number of carbonyl (C=O) groups excluding carboxylic acids is 4. The summed E-state index contributed by atoms with van der Waals surface area (Å²) in [5.74, 6) is -3.42. The predicted molar refractivity (Wildman–Crippen MR) is 117 cm³/mol. The number of fused-ring (bicyclic) bond motifs is 1. The number of hydrazine groups is 1. The Morgan fingerprint density at radius 2 is 1.45 bits per heavy atom. The molecular weight excluding hydrogens is 426 g/mol. The molecule has 1 fully saturated rings. The molecule has 168 valence electrons. The third-order valence-corrected chi connectivity index (χ3v) is 5.95. The van der Waals surface area contributed by atoms with Gasteiger partial charge in [0.25, 0.3) is 23.4 Å². The van der Waals surface area contributed by atoms with Gasteiger partial charge in [-0.05, 0) is 31.9 Å². The van der Waals surface area contributed by atoms with Gasteiger partial charge >= 0.3 is 0 Å². The lowest BCUT2D eigenvalue weighted by atomic mass is 9.85. The molecule has 1 saturated heterocycles. The standard InChI is InChI=1S/C24H21N3O6/c1-15-6-8-16(9-7-15)21(28)14-25(22(29)17-10-12-18(13-11-17)27(32)33)26-23(30)19-4-2-3-5-20(19)24(26)31/h2-3,6-13,19-20H,4-5,14H2,1H3/t19-,20+. The normalized spacial score (nSPS) is 19.4. The highest BCUT2D eigenvalue weighted by Gasteiger charge is 2.51. The molecule has 0 aromatic heterocycles. The van der Waals surface area contributed by atoms with Crippen LogP contribution in [0.25, 0.3) is 0 Å². The molecule has 0 radical (unpaired) electrons. The van der Waals surface area contributed by atoms with E-state index in [-0.39, 0.29) is 11.3 Å². The van der Waals surface area contributed by atoms with Gasteiger partial charge in [-0.1, -0.05) is 42.0 Å². The van der Waals surface area contributed by atoms with Gasteiger partial charge in [0.05, 0.1) is 16.8 Å². The van der Waals surface area contributed by atoms with E-state index in [0.717, 1.165) is 27.7 Å². The molecule has 4 rings (SSSR count). The molecule has 2 aromatic rings. The summed E-state index contributed by atoms with van der Waals surface area (Å²) in [6.07, 6.45) is 4.43. The van der Waals surface area contributed by atoms with Crippen LogP contribution in [-0.2, 0) is 9.59 Å². The maximum atomic E-state index is 13.4. The number of Topliss-reactive ketones (excluding diaryl/α,β-unsaturated/α-hetero) is 1. The van der Waals surface area contributed by atoms with E-state index in [4.69, 9.17) is 0 Å². The molecule has 3 amide bonds. The van der Waals surface area contributed by atoms with Gasteiger partial charge in [0.1, 0.15) is 6.54 Å². The number of amides is 3. The second-order valence-electron chi connectivity index (χ2n) is 8.10. The van der Waals surface area contributed by atoms with E-state index in [9.17, 15) is 29.3 Å². The fourth-order valence-electron chi connectivity index (χ4n) is 4.10. The number of allylic oxidation sites excluding steroid dienone is 2. The second-order valence-corrected chi connectivity index (χ2v) is 8.10. The summed E-state index contributed by atoms with van der Waals surface area (Å²) in [5, 5.41) is 12.6. The van der Waals surface area contributed by atoms with Crippen molar-refractivity contribution in [2.24, 2.45) is 11.8 Å². The summed E-state index contributed by atoms with van der Waals surface area (Å²) < 4.78 is 0. The van der Waals surface area contributed by atoms with Gasteiger partial charge in [-0.25, -0.2) is 5.01 Å². The van der Waals surface area contributed by atoms with Gasteiger partial charge in [0.15, 0.2) is 5.78 Å². The molecule has 2 aliphatic rings. The Morgan fingerprint density at radius 1 is 0.939 bits per heavy atom. The van der Waals surface area contributed by atoms with E-state index in [0.29, 0.717) is 18.4 Å². The Labute approximate surface area is 189 Å². The molecule has 1 aliphatic carbocycles. The number of nitro groups is 1. The number of non-ortho nitro benzene ring substituents is 1. The van der Waals surface area contributed by atoms with Crippen LogP contribution in [0, 0.1) is 28.9 Å². The molecule has 33 heavy (non-hydrogen) atoms. The van der Waals surface area contributed by atoms with Crippen molar-refractivity contribution in [2.45, 2.75) is 19.8 Å². The lowest BCUT2D eigenvalue weighted by molar-refractivity contribution is -0.384. The molecule has 1 heterocycles. The highest BCUT2D eigenvalue weighted by atomic mass is 16.6. The zero-order chi connectivity index (χ0) is 23.7. The lowest BCUT2D eigenvalue weighted by Gasteiger charge is -2.30. The van der Waals surface area contributed by atoms with Gasteiger partial charge in [-0.3, -0.25) is 29.3 Å². The second kappa shape index (κ2) is 8.78. The number of nitrogens with zero attached hydrogens (tertiary/aromatic N) is 3. The summed E-state index contributed by atoms with van der Waals surface area (Å²) in [5.41, 5.74) is 1.09. The Morgan fingerprint density at radius 3 is 1.97 bits per heavy atom. The van der Waals surface area contributed by atoms with E-state index in [1.807, 2.05) is 19.1 Å². The Hall–Kier alpha value is -4.14. The molecule has 2 aromatic carbocycles. The van der Waals surface area contributed by atoms with Crippen LogP contribution in [0.3, 0.4) is 0 Å². The average Bonchev–Trinajstić information content (AvgIpc) is 3.07. The Kier molecular flexibility index (Phi) is 5.87. The Bertz CT molecular complexity index is 1140. The summed E-state index contributed by atoms with van der Waals surface area (Å²) in [7, 11) is 0. The highest BCUT2D eigenvalue weighted by molar-refractivity contribution is 6.09. The highest BCUT2D eigenvalue weighted by Crippen LogP contribution is 2.36. The fraction of sp³-hybridized carbons (Fsp3) is 0.250. The minimum absolute atomic E-state index is 0.0194. The van der Waals surface area contributed by atoms with E-state index in [2.05, 4.69) is 0 Å². The maximum Gasteiger partial charge on any atom is 0.273 e. The third-order valence-electron chi connectivity index (χ3n) is 5.95. The SMILES string of the molecule is Cc1ccc(C(=O)CN(C(=O)c2ccc([N+](=O)[O-])cc2)N2C(=O)[C@H]3CC=CC[C@H]3C2=O)cc1. The number of imide groups is 1. The number of hydrogen-bond donors (Lipinski definition) is 0. The van der Waals surface area contributed by atoms with Crippen LogP contribution in [0.1, 0.15) is 39.1 Å². The molecule has 0 saturated carbocycles. The van der Waals surface area contributed by atoms with E-state index >= 15 is 0 Å². The first-order chi connectivity index (χ1) is 15.8. The van der Waals surface area contributed by atoms with Crippen molar-refractivity contribution < 1.29 is 24.1 Å². The van der Waals surface area contributed by atoms with Gasteiger partial charge in [0, 0.05) is 23.3 Å². The van der Waals surface area contributed by atoms with Crippen LogP contribution in [0.5, 0.6) is 0 Å². The zero-order valence-corrected chi connectivity index (χ0v) is 17.8. The summed E-state index contributed by atoms with van der Waals surface area (Å²) >= 11 is 0. The average molecular weight is 447 g/mol. The molecule has 0 bridgehead atoms. The minimum Gasteiger partial charge on any atom is -0.292 e. The van der Waals surface area contributed by atoms with E-state index < -0.39 is 46.8 Å². The summed E-state index contributed by atoms with van der Waals surface area (Å²) in [6, 6.07) is 11.5. The molecule has 0 spiro atoms. The number of nitro benzene ring substituents is 1. The molecular formula is C24H21N3O6. The number of carbonyl (C=O) groups is 4. The van der Waals surface area contributed by atoms with Crippen molar-refractivity contribution in [1.29, 1.82) is 0 Å². The molecule has 1 aliphatic heterocycles. The zero-order valence-electron chi connectivity index (χ0n) is 17.8. The van der Waals surface area contributed by atoms with Crippen molar-refractivity contribution in [3.63, 3.8) is 0 Å². The quantitative estimate of drug-likeness (QED) is 0.221. The van der Waals surface area contributed by atoms with Crippen LogP contribution in [0.15, 0.2) is 60.7 Å². The van der Waals surface area contributed by atoms with E-state index in [1.54, 1.807) is 24.3 Å². The smallest absolute Gasteiger partial charge is 0.273 e. The predicted octanol–water partition coefficient (Wildman–Crippen LogP) is 3.09. The maximum absolute atomic E-state index is 13.4. The minimum atomic E-state index is -0.765. The van der Waals surface area contributed by atoms with E-state index in [1.165, 1.54) is 12.1 Å².